The second-order valence-corrected chi connectivity index (χ2v) is 4.54. The predicted octanol–water partition coefficient (Wildman–Crippen LogP) is -0.919. The van der Waals surface area contributed by atoms with Crippen molar-refractivity contribution >= 4 is 11.6 Å². The first-order valence-electron chi connectivity index (χ1n) is 6.09. The minimum Gasteiger partial charge on any atom is -0.387 e. The highest BCUT2D eigenvalue weighted by Gasteiger charge is 2.56. The summed E-state index contributed by atoms with van der Waals surface area (Å²) in [6.07, 6.45) is -4.46. The molecule has 1 aromatic carbocycles. The fourth-order valence-corrected chi connectivity index (χ4v) is 2.04. The van der Waals surface area contributed by atoms with Crippen molar-refractivity contribution in [3.8, 4) is 0 Å². The van der Waals surface area contributed by atoms with Crippen LogP contribution in [-0.4, -0.2) is 59.0 Å². The van der Waals surface area contributed by atoms with Gasteiger partial charge in [-0.2, -0.15) is 0 Å². The number of rotatable bonds is 3. The van der Waals surface area contributed by atoms with E-state index in [0.717, 1.165) is 0 Å². The fraction of sp³-hybridized carbons (Fsp3) is 0.462. The van der Waals surface area contributed by atoms with Crippen molar-refractivity contribution in [1.82, 2.24) is 0 Å². The van der Waals surface area contributed by atoms with Crippen molar-refractivity contribution < 1.29 is 29.6 Å². The highest BCUT2D eigenvalue weighted by Crippen LogP contribution is 2.28. The number of aliphatic hydroxyl groups is 3. The number of hydrogen-bond acceptors (Lipinski definition) is 6. The number of aliphatic hydroxyl groups excluding tert-OH is 2. The molecule has 1 amide bonds. The number of nitrogens with one attached hydrogen (secondary N) is 1. The maximum Gasteiger partial charge on any atom is 0.262 e. The molecule has 0 saturated carbocycles. The van der Waals surface area contributed by atoms with E-state index < -0.39 is 30.0 Å². The van der Waals surface area contributed by atoms with Crippen molar-refractivity contribution in [1.29, 1.82) is 0 Å². The van der Waals surface area contributed by atoms with Crippen LogP contribution in [0.15, 0.2) is 30.3 Å². The first kappa shape index (κ1) is 14.9. The summed E-state index contributed by atoms with van der Waals surface area (Å²) < 4.78 is 9.81. The molecule has 0 radical (unpaired) electrons. The molecular weight excluding hydrogens is 266 g/mol. The number of anilines is 1. The Morgan fingerprint density at radius 3 is 2.65 bits per heavy atom. The topological polar surface area (TPSA) is 108 Å². The summed E-state index contributed by atoms with van der Waals surface area (Å²) in [7, 11) is 1.26. The smallest absolute Gasteiger partial charge is 0.262 e. The quantitative estimate of drug-likeness (QED) is 0.571. The summed E-state index contributed by atoms with van der Waals surface area (Å²) in [6.45, 7) is -0.325. The number of amides is 1. The molecule has 7 nitrogen and oxygen atoms in total. The van der Waals surface area contributed by atoms with Gasteiger partial charge in [-0.3, -0.25) is 4.79 Å². The standard InChI is InChI=1S/C13H17NO6/c1-19-11-10(16)13(18,9(15)7-20-11)12(17)14-8-5-3-2-4-6-8/h2-6,9-11,15-16,18H,7H2,1H3,(H,14,17)/t9-,10+,11+,13+/m1/s1. The molecule has 0 unspecified atom stereocenters. The first-order valence-corrected chi connectivity index (χ1v) is 6.09. The van der Waals surface area contributed by atoms with Gasteiger partial charge in [-0.1, -0.05) is 18.2 Å². The van der Waals surface area contributed by atoms with Crippen molar-refractivity contribution in [2.75, 3.05) is 19.0 Å². The minimum atomic E-state index is -2.41. The fourth-order valence-electron chi connectivity index (χ4n) is 2.04. The van der Waals surface area contributed by atoms with Crippen LogP contribution < -0.4 is 5.32 Å². The Bertz CT molecular complexity index is 467. The van der Waals surface area contributed by atoms with Crippen LogP contribution in [0.5, 0.6) is 0 Å². The van der Waals surface area contributed by atoms with Gasteiger partial charge in [0.15, 0.2) is 6.29 Å². The lowest BCUT2D eigenvalue weighted by atomic mass is 9.86. The van der Waals surface area contributed by atoms with E-state index in [9.17, 15) is 20.1 Å². The molecule has 7 heteroatoms. The van der Waals surface area contributed by atoms with Crippen molar-refractivity contribution in [3.05, 3.63) is 30.3 Å². The molecule has 1 saturated heterocycles. The number of carbonyl (C=O) groups is 1. The van der Waals surface area contributed by atoms with Gasteiger partial charge in [0, 0.05) is 12.8 Å². The lowest BCUT2D eigenvalue weighted by molar-refractivity contribution is -0.288. The highest BCUT2D eigenvalue weighted by atomic mass is 16.7. The highest BCUT2D eigenvalue weighted by molar-refractivity contribution is 5.98. The number of hydrogen-bond donors (Lipinski definition) is 4. The van der Waals surface area contributed by atoms with E-state index in [1.54, 1.807) is 30.3 Å². The Morgan fingerprint density at radius 1 is 1.40 bits per heavy atom. The average Bonchev–Trinajstić information content (AvgIpc) is 2.46. The third-order valence-electron chi connectivity index (χ3n) is 3.26. The Morgan fingerprint density at radius 2 is 2.05 bits per heavy atom. The zero-order chi connectivity index (χ0) is 14.8. The van der Waals surface area contributed by atoms with Crippen LogP contribution in [0.2, 0.25) is 0 Å². The summed E-state index contributed by atoms with van der Waals surface area (Å²) >= 11 is 0. The molecular formula is C13H17NO6. The summed E-state index contributed by atoms with van der Waals surface area (Å²) in [5.74, 6) is -0.922. The summed E-state index contributed by atoms with van der Waals surface area (Å²) in [4.78, 5) is 12.2. The molecule has 4 N–H and O–H groups in total. The van der Waals surface area contributed by atoms with Gasteiger partial charge in [-0.25, -0.2) is 0 Å². The molecule has 0 spiro atoms. The molecule has 1 heterocycles. The molecule has 0 aliphatic carbocycles. The summed E-state index contributed by atoms with van der Waals surface area (Å²) in [6, 6.07) is 8.41. The SMILES string of the molecule is CO[C@H]1OC[C@@H](O)[C@@](O)(C(=O)Nc2ccccc2)[C@H]1O. The third kappa shape index (κ3) is 2.54. The Labute approximate surface area is 115 Å². The van der Waals surface area contributed by atoms with Gasteiger partial charge >= 0.3 is 0 Å². The Kier molecular flexibility index (Phi) is 4.36. The molecule has 20 heavy (non-hydrogen) atoms. The average molecular weight is 283 g/mol. The van der Waals surface area contributed by atoms with Crippen LogP contribution in [0.3, 0.4) is 0 Å². The zero-order valence-electron chi connectivity index (χ0n) is 10.9. The van der Waals surface area contributed by atoms with Gasteiger partial charge in [0.05, 0.1) is 6.61 Å². The number of carbonyl (C=O) groups excluding carboxylic acids is 1. The van der Waals surface area contributed by atoms with Crippen LogP contribution in [0, 0.1) is 0 Å². The number of ether oxygens (including phenoxy) is 2. The zero-order valence-corrected chi connectivity index (χ0v) is 10.9. The molecule has 1 aromatic rings. The van der Waals surface area contributed by atoms with Gasteiger partial charge in [0.25, 0.3) is 5.91 Å². The van der Waals surface area contributed by atoms with E-state index >= 15 is 0 Å². The van der Waals surface area contributed by atoms with Gasteiger partial charge in [-0.15, -0.1) is 0 Å². The van der Waals surface area contributed by atoms with Crippen molar-refractivity contribution in [2.45, 2.75) is 24.1 Å². The van der Waals surface area contributed by atoms with E-state index in [1.807, 2.05) is 0 Å². The largest absolute Gasteiger partial charge is 0.387 e. The normalized spacial score (nSPS) is 33.7. The van der Waals surface area contributed by atoms with Crippen LogP contribution >= 0.6 is 0 Å². The summed E-state index contributed by atoms with van der Waals surface area (Å²) in [5.41, 5.74) is -1.97. The maximum atomic E-state index is 12.2. The lowest BCUT2D eigenvalue weighted by Crippen LogP contribution is -2.68. The maximum absolute atomic E-state index is 12.2. The van der Waals surface area contributed by atoms with E-state index in [2.05, 4.69) is 5.32 Å². The van der Waals surface area contributed by atoms with E-state index in [0.29, 0.717) is 5.69 Å². The third-order valence-corrected chi connectivity index (χ3v) is 3.26. The van der Waals surface area contributed by atoms with Crippen LogP contribution in [-0.2, 0) is 14.3 Å². The molecule has 1 aliphatic heterocycles. The molecule has 1 aliphatic rings. The first-order chi connectivity index (χ1) is 9.50. The van der Waals surface area contributed by atoms with Crippen LogP contribution in [0.1, 0.15) is 0 Å². The van der Waals surface area contributed by atoms with E-state index in [4.69, 9.17) is 9.47 Å². The minimum absolute atomic E-state index is 0.325. The van der Waals surface area contributed by atoms with Crippen molar-refractivity contribution in [2.24, 2.45) is 0 Å². The number of benzene rings is 1. The summed E-state index contributed by atoms with van der Waals surface area (Å²) in [5, 5.41) is 32.6. The molecule has 0 aromatic heterocycles. The molecule has 110 valence electrons. The lowest BCUT2D eigenvalue weighted by Gasteiger charge is -2.42. The number of para-hydroxylation sites is 1. The molecule has 2 rings (SSSR count). The van der Waals surface area contributed by atoms with Gasteiger partial charge in [0.1, 0.15) is 12.2 Å². The molecule has 0 bridgehead atoms. The van der Waals surface area contributed by atoms with Crippen LogP contribution in [0.25, 0.3) is 0 Å². The number of methoxy groups -OCH3 is 1. The van der Waals surface area contributed by atoms with E-state index in [1.165, 1.54) is 7.11 Å². The van der Waals surface area contributed by atoms with Gasteiger partial charge in [-0.05, 0) is 12.1 Å². The van der Waals surface area contributed by atoms with Gasteiger partial charge < -0.3 is 30.1 Å². The second kappa shape index (κ2) is 5.86. The molecule has 1 fully saturated rings. The Balaban J connectivity index is 2.20. The second-order valence-electron chi connectivity index (χ2n) is 4.54. The van der Waals surface area contributed by atoms with E-state index in [-0.39, 0.29) is 6.61 Å². The predicted molar refractivity (Wildman–Crippen MR) is 68.8 cm³/mol. The van der Waals surface area contributed by atoms with Crippen LogP contribution in [0.4, 0.5) is 5.69 Å². The van der Waals surface area contributed by atoms with Gasteiger partial charge in [0.2, 0.25) is 5.60 Å². The van der Waals surface area contributed by atoms with Crippen molar-refractivity contribution in [3.63, 3.8) is 0 Å². The monoisotopic (exact) mass is 283 g/mol. The Hall–Kier alpha value is -1.51. The molecule has 4 atom stereocenters.